The minimum Gasteiger partial charge on any atom is -0.354 e. The van der Waals surface area contributed by atoms with Crippen LogP contribution in [0.4, 0.5) is 0 Å². The molecule has 0 saturated heterocycles. The van der Waals surface area contributed by atoms with Crippen molar-refractivity contribution in [2.24, 2.45) is 0 Å². The summed E-state index contributed by atoms with van der Waals surface area (Å²) in [6.45, 7) is 0. The van der Waals surface area contributed by atoms with E-state index in [4.69, 9.17) is 103 Å². The molecular formula is C44H22Cl8FeN4. The van der Waals surface area contributed by atoms with Crippen LogP contribution in [-0.2, 0) is 17.1 Å². The summed E-state index contributed by atoms with van der Waals surface area (Å²) in [5.74, 6) is 0. The number of halogens is 8. The molecule has 4 nitrogen and oxygen atoms in total. The van der Waals surface area contributed by atoms with Crippen molar-refractivity contribution in [2.45, 2.75) is 0 Å². The van der Waals surface area contributed by atoms with Gasteiger partial charge >= 0.3 is 0 Å². The fourth-order valence-electron chi connectivity index (χ4n) is 7.20. The van der Waals surface area contributed by atoms with Gasteiger partial charge in [0.05, 0.1) is 63.0 Å². The van der Waals surface area contributed by atoms with Gasteiger partial charge in [0.2, 0.25) is 0 Å². The number of hydrogen-bond donors (Lipinski definition) is 2. The maximum absolute atomic E-state index is 6.95. The molecule has 0 fully saturated rings. The van der Waals surface area contributed by atoms with E-state index in [1.807, 2.05) is 48.6 Å². The topological polar surface area (TPSA) is 57.4 Å². The third kappa shape index (κ3) is 7.13. The number of aromatic nitrogens is 4. The van der Waals surface area contributed by atoms with E-state index < -0.39 is 0 Å². The second-order valence-corrected chi connectivity index (χ2v) is 16.1. The summed E-state index contributed by atoms with van der Waals surface area (Å²) in [6, 6.07) is 29.3. The van der Waals surface area contributed by atoms with Gasteiger partial charge in [0.1, 0.15) is 0 Å². The van der Waals surface area contributed by atoms with Gasteiger partial charge in [-0.05, 0) is 97.1 Å². The molecule has 0 aliphatic carbocycles. The SMILES string of the molecule is Clc1cccc(Cl)c1-c1c2nc(c(-c3c(Cl)cccc3Cl)c3ccc([nH]3)c(-c3c(Cl)cccc3Cl)c3nc(c(-c4c(Cl)cccc4Cl)c4ccc1[nH]4)C=C3)C=C2.[Fe]. The van der Waals surface area contributed by atoms with Gasteiger partial charge in [-0.2, -0.15) is 0 Å². The molecule has 2 aliphatic heterocycles. The van der Waals surface area contributed by atoms with Gasteiger partial charge in [-0.3, -0.25) is 0 Å². The van der Waals surface area contributed by atoms with Gasteiger partial charge in [-0.25, -0.2) is 9.97 Å². The van der Waals surface area contributed by atoms with Gasteiger partial charge in [-0.15, -0.1) is 0 Å². The molecule has 13 heteroatoms. The fraction of sp³-hybridized carbons (Fsp3) is 0. The number of aromatic amines is 2. The molecular weight excluding hydrogens is 924 g/mol. The van der Waals surface area contributed by atoms with Gasteiger partial charge in [-0.1, -0.05) is 117 Å². The number of nitrogens with one attached hydrogen (secondary N) is 2. The first-order chi connectivity index (χ1) is 27.1. The molecule has 0 spiro atoms. The molecule has 2 N–H and O–H groups in total. The van der Waals surface area contributed by atoms with E-state index in [1.54, 1.807) is 72.8 Å². The Morgan fingerprint density at radius 1 is 0.281 bits per heavy atom. The Bertz CT molecular complexity index is 2560. The molecule has 9 rings (SSSR count). The van der Waals surface area contributed by atoms with Crippen molar-refractivity contribution in [3.8, 4) is 44.5 Å². The largest absolute Gasteiger partial charge is 0.354 e. The molecule has 0 saturated carbocycles. The number of rotatable bonds is 4. The Labute approximate surface area is 377 Å². The fourth-order valence-corrected chi connectivity index (χ4v) is 9.55. The summed E-state index contributed by atoms with van der Waals surface area (Å²) in [4.78, 5) is 17.8. The van der Waals surface area contributed by atoms with Crippen molar-refractivity contribution in [1.82, 2.24) is 19.9 Å². The predicted octanol–water partition coefficient (Wildman–Crippen LogP) is 16.5. The third-order valence-electron chi connectivity index (χ3n) is 9.60. The maximum Gasteiger partial charge on any atom is 0.0738 e. The average molecular weight is 946 g/mol. The molecule has 0 atom stereocenters. The first-order valence-electron chi connectivity index (χ1n) is 17.0. The Morgan fingerprint density at radius 2 is 0.474 bits per heavy atom. The van der Waals surface area contributed by atoms with Crippen LogP contribution < -0.4 is 0 Å². The van der Waals surface area contributed by atoms with Gasteiger partial charge in [0.25, 0.3) is 0 Å². The van der Waals surface area contributed by atoms with E-state index in [2.05, 4.69) is 9.97 Å². The van der Waals surface area contributed by atoms with E-state index in [9.17, 15) is 0 Å². The number of nitrogens with zero attached hydrogens (tertiary/aromatic N) is 2. The molecule has 57 heavy (non-hydrogen) atoms. The normalized spacial score (nSPS) is 11.9. The van der Waals surface area contributed by atoms with E-state index in [-0.39, 0.29) is 17.1 Å². The van der Waals surface area contributed by atoms with Crippen LogP contribution in [0.25, 0.3) is 90.9 Å². The second kappa shape index (κ2) is 16.2. The van der Waals surface area contributed by atoms with E-state index in [0.717, 1.165) is 0 Å². The van der Waals surface area contributed by atoms with Crippen LogP contribution in [0, 0.1) is 0 Å². The number of hydrogen-bond acceptors (Lipinski definition) is 2. The van der Waals surface area contributed by atoms with Crippen LogP contribution in [0.15, 0.2) is 97.1 Å². The molecule has 0 unspecified atom stereocenters. The number of fused-ring (bicyclic) bond motifs is 8. The number of benzene rings is 4. The van der Waals surface area contributed by atoms with Crippen molar-refractivity contribution >= 4 is 139 Å². The predicted molar refractivity (Wildman–Crippen MR) is 241 cm³/mol. The van der Waals surface area contributed by atoms with Crippen LogP contribution in [0.1, 0.15) is 22.8 Å². The maximum atomic E-state index is 6.95. The summed E-state index contributed by atoms with van der Waals surface area (Å²) in [7, 11) is 0. The van der Waals surface area contributed by atoms with Crippen LogP contribution in [0.2, 0.25) is 40.2 Å². The standard InChI is InChI=1S/C44H22Cl8N4.Fe/c45-21-5-1-6-22(46)37(21)41-29-13-15-31(53-29)42(38-23(47)7-2-8-24(38)48)33-17-19-35(55-33)44(40-27(51)11-4-12-28(40)52)36-20-18-34(56-36)43(32-16-14-30(41)54-32)39-25(49)9-3-10-26(39)50;/h1-20,53,56H;. The Balaban J connectivity index is 0.00000455. The van der Waals surface area contributed by atoms with Crippen LogP contribution in [0.3, 0.4) is 0 Å². The van der Waals surface area contributed by atoms with Crippen LogP contribution in [-0.4, -0.2) is 19.9 Å². The third-order valence-corrected chi connectivity index (χ3v) is 12.1. The Hall–Kier alpha value is -3.68. The molecule has 3 aromatic heterocycles. The zero-order valence-corrected chi connectivity index (χ0v) is 36.0. The smallest absolute Gasteiger partial charge is 0.0738 e. The summed E-state index contributed by atoms with van der Waals surface area (Å²) >= 11 is 55.6. The van der Waals surface area contributed by atoms with Crippen molar-refractivity contribution < 1.29 is 17.1 Å². The molecule has 282 valence electrons. The summed E-state index contributed by atoms with van der Waals surface area (Å²) < 4.78 is 0. The van der Waals surface area contributed by atoms with E-state index in [0.29, 0.717) is 130 Å². The zero-order valence-electron chi connectivity index (χ0n) is 28.8. The summed E-state index contributed by atoms with van der Waals surface area (Å²) in [5.41, 5.74) is 10.1. The van der Waals surface area contributed by atoms with Crippen molar-refractivity contribution in [1.29, 1.82) is 0 Å². The average Bonchev–Trinajstić information content (AvgIpc) is 4.00. The minimum absolute atomic E-state index is 0. The van der Waals surface area contributed by atoms with Crippen LogP contribution in [0.5, 0.6) is 0 Å². The molecule has 8 bridgehead atoms. The van der Waals surface area contributed by atoms with Crippen molar-refractivity contribution in [3.05, 3.63) is 160 Å². The van der Waals surface area contributed by atoms with Gasteiger partial charge in [0.15, 0.2) is 0 Å². The minimum atomic E-state index is 0. The van der Waals surface area contributed by atoms with Gasteiger partial charge < -0.3 is 9.97 Å². The van der Waals surface area contributed by atoms with Crippen molar-refractivity contribution in [3.63, 3.8) is 0 Å². The Kier molecular flexibility index (Phi) is 11.4. The summed E-state index contributed by atoms with van der Waals surface area (Å²) in [6.07, 6.45) is 7.66. The first kappa shape index (κ1) is 40.1. The van der Waals surface area contributed by atoms with Crippen LogP contribution >= 0.6 is 92.8 Å². The Morgan fingerprint density at radius 3 is 0.667 bits per heavy atom. The zero-order chi connectivity index (χ0) is 38.8. The summed E-state index contributed by atoms with van der Waals surface area (Å²) in [5, 5.41) is 3.53. The van der Waals surface area contributed by atoms with Gasteiger partial charge in [0, 0.05) is 83.6 Å². The molecule has 5 heterocycles. The van der Waals surface area contributed by atoms with Crippen molar-refractivity contribution in [2.75, 3.05) is 0 Å². The quantitative estimate of drug-likeness (QED) is 0.173. The van der Waals surface area contributed by atoms with E-state index >= 15 is 0 Å². The molecule has 7 aromatic rings. The number of H-pyrrole nitrogens is 2. The molecule has 0 radical (unpaired) electrons. The molecule has 2 aliphatic rings. The molecule has 4 aromatic carbocycles. The second-order valence-electron chi connectivity index (χ2n) is 12.9. The van der Waals surface area contributed by atoms with E-state index in [1.165, 1.54) is 0 Å². The molecule has 0 amide bonds. The first-order valence-corrected chi connectivity index (χ1v) is 20.0. The monoisotopic (exact) mass is 942 g/mol.